The molecule has 0 saturated carbocycles. The number of allylic oxidation sites excluding steroid dienone is 5. The summed E-state index contributed by atoms with van der Waals surface area (Å²) in [6, 6.07) is 7.24. The Bertz CT molecular complexity index is 1330. The van der Waals surface area contributed by atoms with Crippen LogP contribution in [0.5, 0.6) is 11.6 Å². The fourth-order valence-electron chi connectivity index (χ4n) is 3.47. The van der Waals surface area contributed by atoms with E-state index in [1.807, 2.05) is 19.1 Å². The number of rotatable bonds is 6. The topological polar surface area (TPSA) is 102 Å². The smallest absolute Gasteiger partial charge is 0.265 e. The Labute approximate surface area is 185 Å². The zero-order valence-corrected chi connectivity index (χ0v) is 18.0. The molecular formula is C24H23N5O3. The van der Waals surface area contributed by atoms with Crippen molar-refractivity contribution in [2.24, 2.45) is 0 Å². The quantitative estimate of drug-likeness (QED) is 0.623. The summed E-state index contributed by atoms with van der Waals surface area (Å²) in [5.41, 5.74) is 3.51. The van der Waals surface area contributed by atoms with Gasteiger partial charge in [-0.25, -0.2) is 9.97 Å². The Morgan fingerprint density at radius 2 is 2.00 bits per heavy atom. The summed E-state index contributed by atoms with van der Waals surface area (Å²) < 4.78 is 12.3. The summed E-state index contributed by atoms with van der Waals surface area (Å²) in [6.45, 7) is 2.31. The standard InChI is InChI=1S/C24H23N5O3/c1-4-32-21-13-27-20-14-29(17-7-10-19(25)16(11-17)12-26-2)24(30)22(23(20)28-21)15-5-8-18(31-3)9-6-15/h5-14,25-26H,4H2,1-3H3/b16-12-,25-19?. The van der Waals surface area contributed by atoms with E-state index in [-0.39, 0.29) is 5.56 Å². The van der Waals surface area contributed by atoms with Crippen LogP contribution < -0.4 is 20.3 Å². The van der Waals surface area contributed by atoms with Crippen LogP contribution in [0, 0.1) is 5.41 Å². The lowest BCUT2D eigenvalue weighted by Crippen LogP contribution is -2.22. The van der Waals surface area contributed by atoms with Gasteiger partial charge in [-0.2, -0.15) is 0 Å². The van der Waals surface area contributed by atoms with E-state index in [1.165, 1.54) is 4.57 Å². The molecule has 0 amide bonds. The lowest BCUT2D eigenvalue weighted by atomic mass is 10.0. The van der Waals surface area contributed by atoms with Gasteiger partial charge in [-0.15, -0.1) is 0 Å². The predicted octanol–water partition coefficient (Wildman–Crippen LogP) is 3.40. The van der Waals surface area contributed by atoms with E-state index >= 15 is 0 Å². The van der Waals surface area contributed by atoms with Crippen LogP contribution in [-0.2, 0) is 0 Å². The molecule has 0 atom stereocenters. The summed E-state index contributed by atoms with van der Waals surface area (Å²) in [5, 5.41) is 11.0. The normalized spacial score (nSPS) is 14.5. The van der Waals surface area contributed by atoms with Gasteiger partial charge in [0.25, 0.3) is 5.56 Å². The molecule has 0 aliphatic heterocycles. The Morgan fingerprint density at radius 3 is 2.69 bits per heavy atom. The molecular weight excluding hydrogens is 406 g/mol. The number of benzene rings is 1. The molecule has 1 aliphatic carbocycles. The number of hydrogen-bond donors (Lipinski definition) is 2. The van der Waals surface area contributed by atoms with Crippen molar-refractivity contribution in [3.63, 3.8) is 0 Å². The highest BCUT2D eigenvalue weighted by molar-refractivity contribution is 6.12. The second kappa shape index (κ2) is 8.89. The molecule has 3 aromatic rings. The van der Waals surface area contributed by atoms with Gasteiger partial charge in [0.15, 0.2) is 0 Å². The fraction of sp³-hybridized carbons (Fsp3) is 0.167. The maximum absolute atomic E-state index is 13.7. The van der Waals surface area contributed by atoms with Gasteiger partial charge in [0, 0.05) is 30.7 Å². The maximum Gasteiger partial charge on any atom is 0.265 e. The van der Waals surface area contributed by atoms with Gasteiger partial charge in [-0.3, -0.25) is 9.36 Å². The summed E-state index contributed by atoms with van der Waals surface area (Å²) in [5.74, 6) is 1.05. The molecule has 8 heteroatoms. The van der Waals surface area contributed by atoms with E-state index < -0.39 is 0 Å². The van der Waals surface area contributed by atoms with Crippen LogP contribution in [0.4, 0.5) is 0 Å². The Morgan fingerprint density at radius 1 is 1.22 bits per heavy atom. The van der Waals surface area contributed by atoms with E-state index in [4.69, 9.17) is 14.9 Å². The third kappa shape index (κ3) is 3.90. The van der Waals surface area contributed by atoms with Gasteiger partial charge in [0.2, 0.25) is 5.88 Å². The molecule has 1 aromatic carbocycles. The van der Waals surface area contributed by atoms with Crippen LogP contribution in [0.2, 0.25) is 0 Å². The van der Waals surface area contributed by atoms with Crippen molar-refractivity contribution < 1.29 is 9.47 Å². The van der Waals surface area contributed by atoms with Crippen molar-refractivity contribution in [3.8, 4) is 22.8 Å². The van der Waals surface area contributed by atoms with Crippen LogP contribution in [0.1, 0.15) is 6.92 Å². The van der Waals surface area contributed by atoms with E-state index in [0.29, 0.717) is 57.4 Å². The van der Waals surface area contributed by atoms with Crippen molar-refractivity contribution >= 4 is 22.4 Å². The number of hydrogen-bond acceptors (Lipinski definition) is 7. The predicted molar refractivity (Wildman–Crippen MR) is 125 cm³/mol. The van der Waals surface area contributed by atoms with E-state index in [0.717, 1.165) is 0 Å². The molecule has 0 bridgehead atoms. The molecule has 0 saturated heterocycles. The molecule has 8 nitrogen and oxygen atoms in total. The monoisotopic (exact) mass is 429 g/mol. The van der Waals surface area contributed by atoms with Gasteiger partial charge in [-0.05, 0) is 42.8 Å². The Kier molecular flexibility index (Phi) is 5.85. The first-order valence-corrected chi connectivity index (χ1v) is 10.1. The van der Waals surface area contributed by atoms with E-state index in [9.17, 15) is 4.79 Å². The van der Waals surface area contributed by atoms with Crippen LogP contribution in [0.25, 0.3) is 27.9 Å². The number of aromatic nitrogens is 3. The van der Waals surface area contributed by atoms with Crippen LogP contribution in [0.15, 0.2) is 71.5 Å². The fourth-order valence-corrected chi connectivity index (χ4v) is 3.47. The molecule has 162 valence electrons. The molecule has 0 radical (unpaired) electrons. The van der Waals surface area contributed by atoms with Gasteiger partial charge in [0.05, 0.1) is 31.2 Å². The second-order valence-electron chi connectivity index (χ2n) is 6.99. The average molecular weight is 429 g/mol. The first-order valence-electron chi connectivity index (χ1n) is 10.1. The molecule has 1 aliphatic rings. The largest absolute Gasteiger partial charge is 0.497 e. The number of nitrogens with one attached hydrogen (secondary N) is 2. The van der Waals surface area contributed by atoms with Crippen molar-refractivity contribution in [2.45, 2.75) is 6.92 Å². The van der Waals surface area contributed by atoms with Crippen LogP contribution >= 0.6 is 0 Å². The molecule has 4 rings (SSSR count). The molecule has 2 aromatic heterocycles. The Hall–Kier alpha value is -4.20. The molecule has 0 fully saturated rings. The minimum Gasteiger partial charge on any atom is -0.497 e. The average Bonchev–Trinajstić information content (AvgIpc) is 2.81. The molecule has 2 N–H and O–H groups in total. The highest BCUT2D eigenvalue weighted by atomic mass is 16.5. The molecule has 0 unspecified atom stereocenters. The summed E-state index contributed by atoms with van der Waals surface area (Å²) >= 11 is 0. The highest BCUT2D eigenvalue weighted by Gasteiger charge is 2.18. The molecule has 0 spiro atoms. The molecule has 32 heavy (non-hydrogen) atoms. The SMILES string of the molecule is CCOc1cnc2cn(C3=C/C(=C/NC)C(=N)C=C3)c(=O)c(-c3ccc(OC)cc3)c2n1. The summed E-state index contributed by atoms with van der Waals surface area (Å²) in [6.07, 6.45) is 10.1. The maximum atomic E-state index is 13.7. The Balaban J connectivity index is 1.99. The van der Waals surface area contributed by atoms with Gasteiger partial charge in [0.1, 0.15) is 16.8 Å². The van der Waals surface area contributed by atoms with Crippen LogP contribution in [-0.4, -0.2) is 41.0 Å². The minimum atomic E-state index is -0.251. The number of nitrogens with zero attached hydrogens (tertiary/aromatic N) is 3. The number of pyridine rings is 1. The van der Waals surface area contributed by atoms with Crippen LogP contribution in [0.3, 0.4) is 0 Å². The van der Waals surface area contributed by atoms with Gasteiger partial charge >= 0.3 is 0 Å². The van der Waals surface area contributed by atoms with Crippen molar-refractivity contribution in [1.29, 1.82) is 5.41 Å². The van der Waals surface area contributed by atoms with Crippen molar-refractivity contribution in [2.75, 3.05) is 20.8 Å². The lowest BCUT2D eigenvalue weighted by molar-refractivity contribution is 0.327. The van der Waals surface area contributed by atoms with E-state index in [2.05, 4.69) is 15.3 Å². The van der Waals surface area contributed by atoms with Gasteiger partial charge in [-0.1, -0.05) is 12.1 Å². The summed E-state index contributed by atoms with van der Waals surface area (Å²) in [4.78, 5) is 22.8. The lowest BCUT2D eigenvalue weighted by Gasteiger charge is -2.16. The minimum absolute atomic E-state index is 0.251. The van der Waals surface area contributed by atoms with Crippen molar-refractivity contribution in [3.05, 3.63) is 77.0 Å². The molecule has 2 heterocycles. The number of ether oxygens (including phenoxy) is 2. The first kappa shape index (κ1) is 21.0. The van der Waals surface area contributed by atoms with E-state index in [1.54, 1.807) is 63.1 Å². The van der Waals surface area contributed by atoms with Crippen molar-refractivity contribution in [1.82, 2.24) is 19.9 Å². The number of methoxy groups -OCH3 is 1. The first-order chi connectivity index (χ1) is 15.5. The zero-order chi connectivity index (χ0) is 22.7. The zero-order valence-electron chi connectivity index (χ0n) is 18.0. The third-order valence-corrected chi connectivity index (χ3v) is 4.98. The summed E-state index contributed by atoms with van der Waals surface area (Å²) in [7, 11) is 3.36. The van der Waals surface area contributed by atoms with Gasteiger partial charge < -0.3 is 20.2 Å². The second-order valence-corrected chi connectivity index (χ2v) is 6.99. The number of fused-ring (bicyclic) bond motifs is 1. The third-order valence-electron chi connectivity index (χ3n) is 4.98. The highest BCUT2D eigenvalue weighted by Crippen LogP contribution is 2.28.